The van der Waals surface area contributed by atoms with Crippen LogP contribution in [0.15, 0.2) is 79.0 Å². The van der Waals surface area contributed by atoms with Crippen LogP contribution in [0.3, 0.4) is 0 Å². The average molecular weight is 483 g/mol. The number of nitrogens with zero attached hydrogens (tertiary/aromatic N) is 4. The maximum absolute atomic E-state index is 13.3. The number of fused-ring (bicyclic) bond motifs is 1. The highest BCUT2D eigenvalue weighted by Gasteiger charge is 2.22. The smallest absolute Gasteiger partial charge is 0.341 e. The highest BCUT2D eigenvalue weighted by atomic mass is 35.5. The summed E-state index contributed by atoms with van der Waals surface area (Å²) in [5, 5.41) is 9.70. The van der Waals surface area contributed by atoms with Crippen LogP contribution in [-0.4, -0.2) is 25.9 Å². The van der Waals surface area contributed by atoms with E-state index < -0.39 is 5.97 Å². The zero-order valence-corrected chi connectivity index (χ0v) is 20.2. The van der Waals surface area contributed by atoms with Gasteiger partial charge >= 0.3 is 5.97 Å². The van der Waals surface area contributed by atoms with E-state index in [0.717, 1.165) is 27.6 Å². The van der Waals surface area contributed by atoms with E-state index in [2.05, 4.69) is 46.5 Å². The predicted octanol–water partition coefficient (Wildman–Crippen LogP) is 6.17. The Morgan fingerprint density at radius 3 is 2.54 bits per heavy atom. The Morgan fingerprint density at radius 2 is 1.77 bits per heavy atom. The number of hydrogen-bond acceptors (Lipinski definition) is 5. The number of benzene rings is 3. The highest BCUT2D eigenvalue weighted by Crippen LogP contribution is 2.35. The van der Waals surface area contributed by atoms with Crippen molar-refractivity contribution < 1.29 is 9.53 Å². The zero-order valence-electron chi connectivity index (χ0n) is 19.4. The number of rotatable bonds is 6. The van der Waals surface area contributed by atoms with Crippen molar-refractivity contribution in [2.75, 3.05) is 0 Å². The SMILES string of the molecule is Cc1ccc(Cn2cc(COC(=O)c3c(C)nc4ccc(Cl)cc4c3-c3ccccc3)nn2)cc1. The molecule has 0 unspecified atom stereocenters. The van der Waals surface area contributed by atoms with Gasteiger partial charge in [0.05, 0.1) is 29.5 Å². The van der Waals surface area contributed by atoms with Gasteiger partial charge in [-0.05, 0) is 43.2 Å². The second-order valence-electron chi connectivity index (χ2n) is 8.44. The minimum atomic E-state index is -0.469. The van der Waals surface area contributed by atoms with Crippen LogP contribution >= 0.6 is 11.6 Å². The molecule has 174 valence electrons. The Bertz CT molecular complexity index is 1510. The highest BCUT2D eigenvalue weighted by molar-refractivity contribution is 6.31. The molecule has 0 N–H and O–H groups in total. The molecule has 0 aliphatic heterocycles. The van der Waals surface area contributed by atoms with Gasteiger partial charge in [-0.1, -0.05) is 77.0 Å². The number of carbonyl (C=O) groups excluding carboxylic acids is 1. The number of esters is 1. The first-order valence-corrected chi connectivity index (χ1v) is 11.6. The van der Waals surface area contributed by atoms with E-state index in [0.29, 0.717) is 28.5 Å². The summed E-state index contributed by atoms with van der Waals surface area (Å²) in [7, 11) is 0. The number of halogens is 1. The summed E-state index contributed by atoms with van der Waals surface area (Å²) < 4.78 is 7.42. The fourth-order valence-corrected chi connectivity index (χ4v) is 4.26. The Balaban J connectivity index is 1.42. The van der Waals surface area contributed by atoms with E-state index in [9.17, 15) is 4.79 Å². The molecule has 0 spiro atoms. The van der Waals surface area contributed by atoms with Crippen LogP contribution in [0.1, 0.15) is 32.9 Å². The number of carbonyl (C=O) groups is 1. The third kappa shape index (κ3) is 4.93. The molecule has 5 aromatic rings. The predicted molar refractivity (Wildman–Crippen MR) is 136 cm³/mol. The van der Waals surface area contributed by atoms with Crippen molar-refractivity contribution in [3.05, 3.63) is 112 Å². The van der Waals surface area contributed by atoms with E-state index in [1.165, 1.54) is 5.56 Å². The quantitative estimate of drug-likeness (QED) is 0.271. The fraction of sp³-hybridized carbons (Fsp3) is 0.143. The number of ether oxygens (including phenoxy) is 1. The van der Waals surface area contributed by atoms with E-state index >= 15 is 0 Å². The summed E-state index contributed by atoms with van der Waals surface area (Å²) in [4.78, 5) is 18.0. The lowest BCUT2D eigenvalue weighted by molar-refractivity contribution is 0.0467. The van der Waals surface area contributed by atoms with Crippen LogP contribution in [-0.2, 0) is 17.9 Å². The molecule has 0 aliphatic carbocycles. The molecule has 0 amide bonds. The third-order valence-corrected chi connectivity index (χ3v) is 6.03. The van der Waals surface area contributed by atoms with Crippen molar-refractivity contribution in [3.63, 3.8) is 0 Å². The molecule has 0 bridgehead atoms. The van der Waals surface area contributed by atoms with Crippen LogP contribution in [0.2, 0.25) is 5.02 Å². The van der Waals surface area contributed by atoms with Gasteiger partial charge in [-0.2, -0.15) is 0 Å². The largest absolute Gasteiger partial charge is 0.455 e. The van der Waals surface area contributed by atoms with E-state index in [1.54, 1.807) is 16.9 Å². The summed E-state index contributed by atoms with van der Waals surface area (Å²) in [5.74, 6) is -0.469. The molecule has 2 aromatic heterocycles. The van der Waals surface area contributed by atoms with Crippen molar-refractivity contribution >= 4 is 28.5 Å². The van der Waals surface area contributed by atoms with Gasteiger partial charge in [-0.3, -0.25) is 4.98 Å². The van der Waals surface area contributed by atoms with Crippen LogP contribution < -0.4 is 0 Å². The number of aromatic nitrogens is 4. The normalized spacial score (nSPS) is 11.1. The van der Waals surface area contributed by atoms with Gasteiger partial charge in [0.2, 0.25) is 0 Å². The molecule has 0 saturated heterocycles. The first-order chi connectivity index (χ1) is 17.0. The summed E-state index contributed by atoms with van der Waals surface area (Å²) >= 11 is 6.30. The first-order valence-electron chi connectivity index (χ1n) is 11.2. The Morgan fingerprint density at radius 1 is 1.00 bits per heavy atom. The maximum Gasteiger partial charge on any atom is 0.341 e. The molecule has 0 radical (unpaired) electrons. The van der Waals surface area contributed by atoms with Gasteiger partial charge in [0, 0.05) is 16.0 Å². The minimum absolute atomic E-state index is 0.00792. The van der Waals surface area contributed by atoms with E-state index in [4.69, 9.17) is 16.3 Å². The molecule has 7 heteroatoms. The van der Waals surface area contributed by atoms with Crippen molar-refractivity contribution in [1.82, 2.24) is 20.0 Å². The first kappa shape index (κ1) is 22.7. The van der Waals surface area contributed by atoms with Gasteiger partial charge < -0.3 is 4.74 Å². The minimum Gasteiger partial charge on any atom is -0.455 e. The Hall–Kier alpha value is -4.03. The Kier molecular flexibility index (Phi) is 6.29. The Labute approximate surface area is 208 Å². The molecule has 5 rings (SSSR count). The molecular formula is C28H23ClN4O2. The summed E-state index contributed by atoms with van der Waals surface area (Å²) in [6, 6.07) is 23.5. The zero-order chi connectivity index (χ0) is 24.4. The van der Waals surface area contributed by atoms with Gasteiger partial charge in [0.15, 0.2) is 0 Å². The number of pyridine rings is 1. The van der Waals surface area contributed by atoms with Crippen molar-refractivity contribution in [2.45, 2.75) is 27.0 Å². The van der Waals surface area contributed by atoms with E-state index in [-0.39, 0.29) is 6.61 Å². The standard InChI is InChI=1S/C28H23ClN4O2/c1-18-8-10-20(11-9-18)15-33-16-23(31-32-33)17-35-28(34)26-19(2)30-25-13-12-22(29)14-24(25)27(26)21-6-4-3-5-7-21/h3-14,16H,15,17H2,1-2H3. The molecule has 2 heterocycles. The molecule has 0 atom stereocenters. The van der Waals surface area contributed by atoms with Crippen LogP contribution in [0.4, 0.5) is 0 Å². The van der Waals surface area contributed by atoms with Crippen molar-refractivity contribution in [1.29, 1.82) is 0 Å². The fourth-order valence-electron chi connectivity index (χ4n) is 4.09. The molecule has 3 aromatic carbocycles. The molecule has 0 saturated carbocycles. The van der Waals surface area contributed by atoms with Crippen LogP contribution in [0.25, 0.3) is 22.0 Å². The second-order valence-corrected chi connectivity index (χ2v) is 8.88. The van der Waals surface area contributed by atoms with Gasteiger partial charge in [0.25, 0.3) is 0 Å². The van der Waals surface area contributed by atoms with Crippen molar-refractivity contribution in [3.8, 4) is 11.1 Å². The molecule has 0 aliphatic rings. The van der Waals surface area contributed by atoms with Crippen LogP contribution in [0, 0.1) is 13.8 Å². The topological polar surface area (TPSA) is 69.9 Å². The second kappa shape index (κ2) is 9.68. The molecule has 0 fully saturated rings. The third-order valence-electron chi connectivity index (χ3n) is 5.80. The maximum atomic E-state index is 13.3. The summed E-state index contributed by atoms with van der Waals surface area (Å²) in [5.41, 5.74) is 6.31. The van der Waals surface area contributed by atoms with E-state index in [1.807, 2.05) is 49.4 Å². The number of hydrogen-bond donors (Lipinski definition) is 0. The van der Waals surface area contributed by atoms with Gasteiger partial charge in [-0.25, -0.2) is 9.48 Å². The van der Waals surface area contributed by atoms with Gasteiger partial charge in [0.1, 0.15) is 12.3 Å². The monoisotopic (exact) mass is 482 g/mol. The molecule has 6 nitrogen and oxygen atoms in total. The number of aryl methyl sites for hydroxylation is 2. The lowest BCUT2D eigenvalue weighted by atomic mass is 9.94. The van der Waals surface area contributed by atoms with Gasteiger partial charge in [-0.15, -0.1) is 5.10 Å². The molecular weight excluding hydrogens is 460 g/mol. The van der Waals surface area contributed by atoms with Crippen molar-refractivity contribution in [2.24, 2.45) is 0 Å². The summed E-state index contributed by atoms with van der Waals surface area (Å²) in [6.45, 7) is 4.47. The summed E-state index contributed by atoms with van der Waals surface area (Å²) in [6.07, 6.45) is 1.79. The lowest BCUT2D eigenvalue weighted by Crippen LogP contribution is -2.11. The average Bonchev–Trinajstić information content (AvgIpc) is 3.31. The lowest BCUT2D eigenvalue weighted by Gasteiger charge is -2.15. The van der Waals surface area contributed by atoms with Crippen LogP contribution in [0.5, 0.6) is 0 Å². The molecule has 35 heavy (non-hydrogen) atoms.